The molecule has 0 radical (unpaired) electrons. The van der Waals surface area contributed by atoms with Crippen molar-refractivity contribution in [1.82, 2.24) is 4.90 Å². The SMILES string of the molecule is CCN(CCCOC(=O)c1cc(OC)c(OC)c(OC)c1)CCc1ccccc1. The van der Waals surface area contributed by atoms with E-state index in [1.54, 1.807) is 12.1 Å². The van der Waals surface area contributed by atoms with E-state index in [1.165, 1.54) is 26.9 Å². The Hall–Kier alpha value is -2.73. The molecule has 2 aromatic rings. The number of carbonyl (C=O) groups is 1. The summed E-state index contributed by atoms with van der Waals surface area (Å²) >= 11 is 0. The fourth-order valence-corrected chi connectivity index (χ4v) is 3.10. The third kappa shape index (κ3) is 6.68. The molecule has 0 aliphatic carbocycles. The number of methoxy groups -OCH3 is 3. The van der Waals surface area contributed by atoms with E-state index in [1.807, 2.05) is 6.07 Å². The van der Waals surface area contributed by atoms with Gasteiger partial charge in [-0.15, -0.1) is 0 Å². The number of hydrogen-bond donors (Lipinski definition) is 0. The van der Waals surface area contributed by atoms with E-state index in [0.29, 0.717) is 29.4 Å². The van der Waals surface area contributed by atoms with Gasteiger partial charge < -0.3 is 23.8 Å². The van der Waals surface area contributed by atoms with Gasteiger partial charge in [-0.3, -0.25) is 0 Å². The quantitative estimate of drug-likeness (QED) is 0.398. The Kier molecular flexibility index (Phi) is 9.31. The molecular weight excluding hydrogens is 370 g/mol. The molecule has 0 unspecified atom stereocenters. The highest BCUT2D eigenvalue weighted by atomic mass is 16.5. The van der Waals surface area contributed by atoms with Crippen LogP contribution in [-0.4, -0.2) is 58.4 Å². The maximum absolute atomic E-state index is 12.4. The molecular formula is C23H31NO5. The van der Waals surface area contributed by atoms with E-state index in [2.05, 4.69) is 36.1 Å². The van der Waals surface area contributed by atoms with Crippen LogP contribution in [0.2, 0.25) is 0 Å². The van der Waals surface area contributed by atoms with Crippen LogP contribution in [0.1, 0.15) is 29.3 Å². The molecule has 29 heavy (non-hydrogen) atoms. The summed E-state index contributed by atoms with van der Waals surface area (Å²) in [5.74, 6) is 0.897. The van der Waals surface area contributed by atoms with Crippen molar-refractivity contribution in [3.63, 3.8) is 0 Å². The number of hydrogen-bond acceptors (Lipinski definition) is 6. The zero-order valence-electron chi connectivity index (χ0n) is 17.8. The molecule has 0 amide bonds. The van der Waals surface area contributed by atoms with Gasteiger partial charge in [-0.05, 0) is 37.1 Å². The van der Waals surface area contributed by atoms with Crippen LogP contribution >= 0.6 is 0 Å². The summed E-state index contributed by atoms with van der Waals surface area (Å²) < 4.78 is 21.3. The fourth-order valence-electron chi connectivity index (χ4n) is 3.10. The molecule has 0 saturated heterocycles. The topological polar surface area (TPSA) is 57.2 Å². The van der Waals surface area contributed by atoms with Gasteiger partial charge >= 0.3 is 5.97 Å². The standard InChI is InChI=1S/C23H31NO5/c1-5-24(14-12-18-10-7-6-8-11-18)13-9-15-29-23(25)19-16-20(26-2)22(28-4)21(17-19)27-3/h6-8,10-11,16-17H,5,9,12-15H2,1-4H3. The number of ether oxygens (including phenoxy) is 4. The van der Waals surface area contributed by atoms with Gasteiger partial charge in [0.1, 0.15) is 0 Å². The van der Waals surface area contributed by atoms with Crippen molar-refractivity contribution in [2.24, 2.45) is 0 Å². The Morgan fingerprint density at radius 3 is 2.14 bits per heavy atom. The summed E-state index contributed by atoms with van der Waals surface area (Å²) in [4.78, 5) is 14.8. The normalized spacial score (nSPS) is 10.7. The van der Waals surface area contributed by atoms with Gasteiger partial charge in [0.15, 0.2) is 11.5 Å². The fraction of sp³-hybridized carbons (Fsp3) is 0.435. The minimum atomic E-state index is -0.406. The van der Waals surface area contributed by atoms with E-state index in [4.69, 9.17) is 18.9 Å². The molecule has 6 nitrogen and oxygen atoms in total. The zero-order chi connectivity index (χ0) is 21.1. The van der Waals surface area contributed by atoms with E-state index in [0.717, 1.165) is 32.5 Å². The first kappa shape index (κ1) is 22.6. The van der Waals surface area contributed by atoms with Crippen molar-refractivity contribution >= 4 is 5.97 Å². The van der Waals surface area contributed by atoms with Crippen LogP contribution in [0.25, 0.3) is 0 Å². The van der Waals surface area contributed by atoms with Gasteiger partial charge in [-0.2, -0.15) is 0 Å². The second kappa shape index (κ2) is 12.0. The molecule has 0 saturated carbocycles. The number of esters is 1. The number of likely N-dealkylation sites (N-methyl/N-ethyl adjacent to an activating group) is 1. The molecule has 0 fully saturated rings. The van der Waals surface area contributed by atoms with Crippen molar-refractivity contribution in [3.8, 4) is 17.2 Å². The van der Waals surface area contributed by atoms with Gasteiger partial charge in [-0.1, -0.05) is 37.3 Å². The summed E-state index contributed by atoms with van der Waals surface area (Å²) in [5, 5.41) is 0. The highest BCUT2D eigenvalue weighted by Crippen LogP contribution is 2.38. The first-order chi connectivity index (χ1) is 14.1. The molecule has 6 heteroatoms. The van der Waals surface area contributed by atoms with E-state index in [-0.39, 0.29) is 0 Å². The second-order valence-electron chi connectivity index (χ2n) is 6.57. The molecule has 0 aromatic heterocycles. The smallest absolute Gasteiger partial charge is 0.338 e. The van der Waals surface area contributed by atoms with Crippen molar-refractivity contribution in [2.75, 3.05) is 47.6 Å². The maximum atomic E-state index is 12.4. The molecule has 0 N–H and O–H groups in total. The molecule has 0 aliphatic heterocycles. The minimum absolute atomic E-state index is 0.358. The van der Waals surface area contributed by atoms with Crippen LogP contribution in [0, 0.1) is 0 Å². The molecule has 0 spiro atoms. The van der Waals surface area contributed by atoms with Crippen LogP contribution in [-0.2, 0) is 11.2 Å². The minimum Gasteiger partial charge on any atom is -0.493 e. The Labute approximate surface area is 173 Å². The van der Waals surface area contributed by atoms with Crippen LogP contribution in [0.15, 0.2) is 42.5 Å². The number of carbonyl (C=O) groups excluding carboxylic acids is 1. The van der Waals surface area contributed by atoms with Crippen molar-refractivity contribution < 1.29 is 23.7 Å². The summed E-state index contributed by atoms with van der Waals surface area (Å²) in [6, 6.07) is 13.6. The monoisotopic (exact) mass is 401 g/mol. The molecule has 2 rings (SSSR count). The van der Waals surface area contributed by atoms with Crippen LogP contribution in [0.5, 0.6) is 17.2 Å². The van der Waals surface area contributed by atoms with Crippen LogP contribution in [0.4, 0.5) is 0 Å². The highest BCUT2D eigenvalue weighted by molar-refractivity contribution is 5.91. The third-order valence-corrected chi connectivity index (χ3v) is 4.76. The average molecular weight is 402 g/mol. The summed E-state index contributed by atoms with van der Waals surface area (Å²) in [7, 11) is 4.55. The first-order valence-corrected chi connectivity index (χ1v) is 9.86. The lowest BCUT2D eigenvalue weighted by atomic mass is 10.1. The Morgan fingerprint density at radius 1 is 0.931 bits per heavy atom. The Balaban J connectivity index is 1.82. The Morgan fingerprint density at radius 2 is 1.59 bits per heavy atom. The average Bonchev–Trinajstić information content (AvgIpc) is 2.77. The highest BCUT2D eigenvalue weighted by Gasteiger charge is 2.17. The molecule has 158 valence electrons. The van der Waals surface area contributed by atoms with Crippen molar-refractivity contribution in [3.05, 3.63) is 53.6 Å². The number of rotatable bonds is 12. The van der Waals surface area contributed by atoms with Gasteiger partial charge in [0, 0.05) is 13.1 Å². The number of nitrogens with zero attached hydrogens (tertiary/aromatic N) is 1. The largest absolute Gasteiger partial charge is 0.493 e. The maximum Gasteiger partial charge on any atom is 0.338 e. The lowest BCUT2D eigenvalue weighted by Crippen LogP contribution is -2.28. The summed E-state index contributed by atoms with van der Waals surface area (Å²) in [6.45, 7) is 5.34. The lowest BCUT2D eigenvalue weighted by molar-refractivity contribution is 0.0488. The summed E-state index contributed by atoms with van der Waals surface area (Å²) in [6.07, 6.45) is 1.79. The third-order valence-electron chi connectivity index (χ3n) is 4.76. The second-order valence-corrected chi connectivity index (χ2v) is 6.57. The first-order valence-electron chi connectivity index (χ1n) is 9.86. The zero-order valence-corrected chi connectivity index (χ0v) is 17.8. The predicted octanol–water partition coefficient (Wildman–Crippen LogP) is 3.82. The predicted molar refractivity (Wildman–Crippen MR) is 113 cm³/mol. The van der Waals surface area contributed by atoms with Crippen LogP contribution < -0.4 is 14.2 Å². The van der Waals surface area contributed by atoms with E-state index >= 15 is 0 Å². The van der Waals surface area contributed by atoms with Crippen molar-refractivity contribution in [2.45, 2.75) is 19.8 Å². The molecule has 0 aliphatic rings. The molecule has 0 heterocycles. The number of benzene rings is 2. The van der Waals surface area contributed by atoms with Gasteiger partial charge in [0.2, 0.25) is 5.75 Å². The van der Waals surface area contributed by atoms with E-state index in [9.17, 15) is 4.79 Å². The molecule has 2 aromatic carbocycles. The van der Waals surface area contributed by atoms with E-state index < -0.39 is 5.97 Å². The lowest BCUT2D eigenvalue weighted by Gasteiger charge is -2.20. The van der Waals surface area contributed by atoms with Gasteiger partial charge in [0.05, 0.1) is 33.5 Å². The van der Waals surface area contributed by atoms with Gasteiger partial charge in [0.25, 0.3) is 0 Å². The molecule has 0 atom stereocenters. The van der Waals surface area contributed by atoms with Crippen LogP contribution in [0.3, 0.4) is 0 Å². The van der Waals surface area contributed by atoms with Crippen molar-refractivity contribution in [1.29, 1.82) is 0 Å². The Bertz CT molecular complexity index is 738. The molecule has 0 bridgehead atoms. The van der Waals surface area contributed by atoms with Gasteiger partial charge in [-0.25, -0.2) is 4.79 Å². The summed E-state index contributed by atoms with van der Waals surface area (Å²) in [5.41, 5.74) is 1.70.